The molecule has 0 aliphatic rings. The Labute approximate surface area is 171 Å². The Hall–Kier alpha value is -3.46. The van der Waals surface area contributed by atoms with Crippen molar-refractivity contribution in [2.24, 2.45) is 0 Å². The number of methoxy groups -OCH3 is 1. The van der Waals surface area contributed by atoms with Crippen molar-refractivity contribution in [3.05, 3.63) is 53.6 Å². The van der Waals surface area contributed by atoms with E-state index in [0.29, 0.717) is 27.4 Å². The van der Waals surface area contributed by atoms with Crippen LogP contribution in [0.5, 0.6) is 11.5 Å². The van der Waals surface area contributed by atoms with Gasteiger partial charge in [-0.2, -0.15) is 4.52 Å². The summed E-state index contributed by atoms with van der Waals surface area (Å²) in [5.74, 6) is 1.57. The number of anilines is 1. The van der Waals surface area contributed by atoms with Crippen LogP contribution in [0.15, 0.2) is 42.5 Å². The molecule has 148 valence electrons. The monoisotopic (exact) mass is 409 g/mol. The summed E-state index contributed by atoms with van der Waals surface area (Å²) in [4.78, 5) is 12.8. The van der Waals surface area contributed by atoms with E-state index in [0.717, 1.165) is 16.7 Å². The number of benzene rings is 2. The molecule has 0 atom stereocenters. The number of carbonyl (C=O) groups excluding carboxylic acids is 1. The van der Waals surface area contributed by atoms with Gasteiger partial charge < -0.3 is 9.47 Å². The van der Waals surface area contributed by atoms with E-state index >= 15 is 0 Å². The fourth-order valence-electron chi connectivity index (χ4n) is 2.99. The first-order valence-corrected chi connectivity index (χ1v) is 9.72. The van der Waals surface area contributed by atoms with E-state index < -0.39 is 0 Å². The molecule has 2 aromatic heterocycles. The van der Waals surface area contributed by atoms with Gasteiger partial charge in [0, 0.05) is 0 Å². The van der Waals surface area contributed by atoms with Crippen LogP contribution < -0.4 is 14.8 Å². The Morgan fingerprint density at radius 2 is 1.90 bits per heavy atom. The number of amides is 1. The molecule has 4 rings (SSSR count). The van der Waals surface area contributed by atoms with Crippen molar-refractivity contribution >= 4 is 27.3 Å². The molecule has 1 amide bonds. The highest BCUT2D eigenvalue weighted by Gasteiger charge is 2.17. The van der Waals surface area contributed by atoms with Gasteiger partial charge in [0.1, 0.15) is 11.5 Å². The number of fused-ring (bicyclic) bond motifs is 1. The SMILES string of the molecule is COc1ccccc1-c1nnc2sc(NC(=O)COc3cc(C)cc(C)c3)nn12. The minimum atomic E-state index is -0.298. The lowest BCUT2D eigenvalue weighted by atomic mass is 10.1. The molecule has 0 unspecified atom stereocenters. The minimum Gasteiger partial charge on any atom is -0.496 e. The summed E-state index contributed by atoms with van der Waals surface area (Å²) < 4.78 is 12.6. The fraction of sp³-hybridized carbons (Fsp3) is 0.200. The van der Waals surface area contributed by atoms with Gasteiger partial charge in [-0.1, -0.05) is 29.5 Å². The molecule has 0 aliphatic heterocycles. The van der Waals surface area contributed by atoms with Crippen LogP contribution in [0.25, 0.3) is 16.3 Å². The van der Waals surface area contributed by atoms with Crippen molar-refractivity contribution in [3.8, 4) is 22.9 Å². The summed E-state index contributed by atoms with van der Waals surface area (Å²) in [6, 6.07) is 13.3. The lowest BCUT2D eigenvalue weighted by molar-refractivity contribution is -0.118. The number of hydrogen-bond donors (Lipinski definition) is 1. The highest BCUT2D eigenvalue weighted by Crippen LogP contribution is 2.30. The lowest BCUT2D eigenvalue weighted by Gasteiger charge is -2.07. The normalized spacial score (nSPS) is 10.9. The van der Waals surface area contributed by atoms with Crippen LogP contribution in [-0.2, 0) is 4.79 Å². The third-order valence-electron chi connectivity index (χ3n) is 4.15. The number of rotatable bonds is 6. The maximum Gasteiger partial charge on any atom is 0.264 e. The number of aryl methyl sites for hydroxylation is 2. The summed E-state index contributed by atoms with van der Waals surface area (Å²) >= 11 is 1.23. The largest absolute Gasteiger partial charge is 0.496 e. The number of nitrogens with one attached hydrogen (secondary N) is 1. The van der Waals surface area contributed by atoms with E-state index in [9.17, 15) is 4.79 Å². The van der Waals surface area contributed by atoms with E-state index in [4.69, 9.17) is 9.47 Å². The van der Waals surface area contributed by atoms with Crippen LogP contribution in [0.2, 0.25) is 0 Å². The van der Waals surface area contributed by atoms with Crippen molar-refractivity contribution < 1.29 is 14.3 Å². The second kappa shape index (κ2) is 7.88. The van der Waals surface area contributed by atoms with Gasteiger partial charge in [-0.25, -0.2) is 0 Å². The molecule has 0 spiro atoms. The minimum absolute atomic E-state index is 0.109. The highest BCUT2D eigenvalue weighted by molar-refractivity contribution is 7.20. The van der Waals surface area contributed by atoms with Crippen molar-refractivity contribution in [1.29, 1.82) is 0 Å². The number of para-hydroxylation sites is 1. The first-order valence-electron chi connectivity index (χ1n) is 8.90. The quantitative estimate of drug-likeness (QED) is 0.524. The van der Waals surface area contributed by atoms with Gasteiger partial charge in [0.2, 0.25) is 10.1 Å². The van der Waals surface area contributed by atoms with Crippen LogP contribution in [0.4, 0.5) is 5.13 Å². The molecule has 2 aromatic carbocycles. The topological polar surface area (TPSA) is 90.6 Å². The molecule has 1 N–H and O–H groups in total. The Kier molecular flexibility index (Phi) is 5.13. The summed E-state index contributed by atoms with van der Waals surface area (Å²) in [7, 11) is 1.60. The zero-order chi connectivity index (χ0) is 20.4. The molecule has 0 saturated carbocycles. The molecule has 8 nitrogen and oxygen atoms in total. The maximum atomic E-state index is 12.3. The second-order valence-corrected chi connectivity index (χ2v) is 7.44. The van der Waals surface area contributed by atoms with Crippen LogP contribution in [0.1, 0.15) is 11.1 Å². The van der Waals surface area contributed by atoms with Gasteiger partial charge >= 0.3 is 0 Å². The number of nitrogens with zero attached hydrogens (tertiary/aromatic N) is 4. The molecule has 4 aromatic rings. The maximum absolute atomic E-state index is 12.3. The predicted octanol–water partition coefficient (Wildman–Crippen LogP) is 3.50. The van der Waals surface area contributed by atoms with Gasteiger partial charge in [0.25, 0.3) is 5.91 Å². The standard InChI is InChI=1S/C20H19N5O3S/c1-12-8-13(2)10-14(9-12)28-11-17(26)21-19-24-25-18(22-23-20(25)29-19)15-6-4-5-7-16(15)27-3/h4-10H,11H2,1-3H3,(H,21,24,26). The summed E-state index contributed by atoms with van der Waals surface area (Å²) in [6.07, 6.45) is 0. The number of hydrogen-bond acceptors (Lipinski definition) is 7. The summed E-state index contributed by atoms with van der Waals surface area (Å²) in [5, 5.41) is 15.9. The molecule has 0 bridgehead atoms. The van der Waals surface area contributed by atoms with E-state index in [-0.39, 0.29) is 12.5 Å². The van der Waals surface area contributed by atoms with E-state index in [1.165, 1.54) is 11.3 Å². The molecule has 0 fully saturated rings. The second-order valence-electron chi connectivity index (χ2n) is 6.49. The van der Waals surface area contributed by atoms with E-state index in [1.807, 2.05) is 56.3 Å². The third-order valence-corrected chi connectivity index (χ3v) is 4.96. The van der Waals surface area contributed by atoms with Crippen LogP contribution in [0.3, 0.4) is 0 Å². The van der Waals surface area contributed by atoms with Crippen LogP contribution >= 0.6 is 11.3 Å². The molecular weight excluding hydrogens is 390 g/mol. The summed E-state index contributed by atoms with van der Waals surface area (Å²) in [6.45, 7) is 3.86. The van der Waals surface area contributed by atoms with Crippen LogP contribution in [-0.4, -0.2) is 39.4 Å². The van der Waals surface area contributed by atoms with Gasteiger partial charge in [-0.05, 0) is 49.2 Å². The Morgan fingerprint density at radius 1 is 1.14 bits per heavy atom. The Bertz CT molecular complexity index is 1160. The third kappa shape index (κ3) is 4.04. The smallest absolute Gasteiger partial charge is 0.264 e. The molecule has 0 saturated heterocycles. The Morgan fingerprint density at radius 3 is 2.66 bits per heavy atom. The Balaban J connectivity index is 1.49. The molecule has 9 heteroatoms. The predicted molar refractivity (Wildman–Crippen MR) is 111 cm³/mol. The summed E-state index contributed by atoms with van der Waals surface area (Å²) in [5.41, 5.74) is 2.93. The average molecular weight is 409 g/mol. The number of carbonyl (C=O) groups is 1. The first kappa shape index (κ1) is 18.9. The molecule has 0 aliphatic carbocycles. The lowest BCUT2D eigenvalue weighted by Crippen LogP contribution is -2.20. The van der Waals surface area contributed by atoms with Gasteiger partial charge in [0.15, 0.2) is 12.4 Å². The van der Waals surface area contributed by atoms with Gasteiger partial charge in [-0.3, -0.25) is 10.1 Å². The van der Waals surface area contributed by atoms with E-state index in [2.05, 4.69) is 20.6 Å². The van der Waals surface area contributed by atoms with E-state index in [1.54, 1.807) is 11.6 Å². The van der Waals surface area contributed by atoms with Gasteiger partial charge in [0.05, 0.1) is 12.7 Å². The average Bonchev–Trinajstić information content (AvgIpc) is 3.25. The molecular formula is C20H19N5O3S. The van der Waals surface area contributed by atoms with Crippen molar-refractivity contribution in [2.75, 3.05) is 19.0 Å². The first-order chi connectivity index (χ1) is 14.0. The van der Waals surface area contributed by atoms with Crippen molar-refractivity contribution in [1.82, 2.24) is 19.8 Å². The van der Waals surface area contributed by atoms with Crippen LogP contribution in [0, 0.1) is 13.8 Å². The van der Waals surface area contributed by atoms with Gasteiger partial charge in [-0.15, -0.1) is 15.3 Å². The number of ether oxygens (including phenoxy) is 2. The molecule has 0 radical (unpaired) electrons. The molecule has 29 heavy (non-hydrogen) atoms. The highest BCUT2D eigenvalue weighted by atomic mass is 32.1. The zero-order valence-corrected chi connectivity index (χ0v) is 17.0. The molecule has 2 heterocycles. The van der Waals surface area contributed by atoms with Crippen molar-refractivity contribution in [2.45, 2.75) is 13.8 Å². The zero-order valence-electron chi connectivity index (χ0n) is 16.2. The number of aromatic nitrogens is 4. The fourth-order valence-corrected chi connectivity index (χ4v) is 3.74. The van der Waals surface area contributed by atoms with Crippen molar-refractivity contribution in [3.63, 3.8) is 0 Å².